The summed E-state index contributed by atoms with van der Waals surface area (Å²) in [5.74, 6) is 0.943. The summed E-state index contributed by atoms with van der Waals surface area (Å²) in [5, 5.41) is 12.2. The van der Waals surface area contributed by atoms with Crippen LogP contribution < -0.4 is 10.6 Å². The highest BCUT2D eigenvalue weighted by Gasteiger charge is 2.25. The van der Waals surface area contributed by atoms with Crippen molar-refractivity contribution in [3.05, 3.63) is 23.8 Å². The fraction of sp³-hybridized carbons (Fsp3) is 0.500. The Morgan fingerprint density at radius 1 is 1.58 bits per heavy atom. The summed E-state index contributed by atoms with van der Waals surface area (Å²) in [6, 6.07) is 6.11. The Balaban J connectivity index is 2.40. The molecule has 1 saturated heterocycles. The lowest BCUT2D eigenvalue weighted by Gasteiger charge is -2.23. The molecule has 2 rings (SSSR count). The van der Waals surface area contributed by atoms with E-state index in [1.807, 2.05) is 18.4 Å². The minimum absolute atomic E-state index is 0.194. The van der Waals surface area contributed by atoms with Crippen molar-refractivity contribution < 1.29 is 5.21 Å². The molecule has 4 nitrogen and oxygen atoms in total. The summed E-state index contributed by atoms with van der Waals surface area (Å²) >= 11 is 1.62. The molecule has 1 atom stereocenters. The number of nitrogens with zero attached hydrogens (tertiary/aromatic N) is 2. The highest BCUT2D eigenvalue weighted by Crippen LogP contribution is 2.33. The topological polar surface area (TPSA) is 61.8 Å². The van der Waals surface area contributed by atoms with Crippen molar-refractivity contribution in [1.82, 2.24) is 0 Å². The van der Waals surface area contributed by atoms with Gasteiger partial charge in [0.25, 0.3) is 0 Å². The van der Waals surface area contributed by atoms with Gasteiger partial charge in [-0.3, -0.25) is 0 Å². The van der Waals surface area contributed by atoms with Crippen LogP contribution >= 0.6 is 11.8 Å². The number of nitrogens with two attached hydrogens (primary N) is 1. The lowest BCUT2D eigenvalue weighted by molar-refractivity contribution is 0.318. The van der Waals surface area contributed by atoms with E-state index in [0.717, 1.165) is 35.2 Å². The highest BCUT2D eigenvalue weighted by atomic mass is 32.2. The number of thioether (sulfide) groups is 1. The number of hydrogen-bond acceptors (Lipinski definition) is 4. The van der Waals surface area contributed by atoms with Crippen molar-refractivity contribution in [2.75, 3.05) is 24.2 Å². The van der Waals surface area contributed by atoms with Crippen molar-refractivity contribution in [2.24, 2.45) is 16.8 Å². The SMILES string of the molecule is CCC1CCN(c2cccc(SC)c2/C(N)=N/O)C1. The molecule has 104 valence electrons. The minimum Gasteiger partial charge on any atom is -0.409 e. The van der Waals surface area contributed by atoms with E-state index in [4.69, 9.17) is 10.9 Å². The molecule has 1 aliphatic heterocycles. The molecule has 0 bridgehead atoms. The molecule has 19 heavy (non-hydrogen) atoms. The van der Waals surface area contributed by atoms with Gasteiger partial charge in [-0.1, -0.05) is 24.6 Å². The second kappa shape index (κ2) is 6.19. The fourth-order valence-electron chi connectivity index (χ4n) is 2.65. The molecular weight excluding hydrogens is 258 g/mol. The molecule has 0 saturated carbocycles. The molecule has 1 fully saturated rings. The molecule has 3 N–H and O–H groups in total. The average Bonchev–Trinajstić information content (AvgIpc) is 2.94. The Morgan fingerprint density at radius 3 is 2.95 bits per heavy atom. The van der Waals surface area contributed by atoms with E-state index in [0.29, 0.717) is 0 Å². The summed E-state index contributed by atoms with van der Waals surface area (Å²) in [6.07, 6.45) is 4.43. The second-order valence-electron chi connectivity index (χ2n) is 4.85. The number of anilines is 1. The predicted octanol–water partition coefficient (Wildman–Crippen LogP) is 2.74. The van der Waals surface area contributed by atoms with Crippen LogP contribution in [0.4, 0.5) is 5.69 Å². The van der Waals surface area contributed by atoms with E-state index >= 15 is 0 Å². The van der Waals surface area contributed by atoms with Gasteiger partial charge in [-0.25, -0.2) is 0 Å². The number of oxime groups is 1. The number of hydrogen-bond donors (Lipinski definition) is 2. The first-order valence-electron chi connectivity index (χ1n) is 6.61. The van der Waals surface area contributed by atoms with Crippen LogP contribution in [0.25, 0.3) is 0 Å². The van der Waals surface area contributed by atoms with Crippen LogP contribution in [-0.2, 0) is 0 Å². The summed E-state index contributed by atoms with van der Waals surface area (Å²) in [4.78, 5) is 3.40. The maximum Gasteiger partial charge on any atom is 0.173 e. The van der Waals surface area contributed by atoms with Crippen molar-refractivity contribution in [2.45, 2.75) is 24.7 Å². The zero-order chi connectivity index (χ0) is 13.8. The molecule has 0 aromatic heterocycles. The lowest BCUT2D eigenvalue weighted by Crippen LogP contribution is -2.25. The van der Waals surface area contributed by atoms with Crippen LogP contribution in [0.15, 0.2) is 28.3 Å². The zero-order valence-electron chi connectivity index (χ0n) is 11.5. The molecule has 0 aliphatic carbocycles. The molecule has 1 heterocycles. The van der Waals surface area contributed by atoms with Gasteiger partial charge in [-0.2, -0.15) is 0 Å². The van der Waals surface area contributed by atoms with Crippen LogP contribution in [0, 0.1) is 5.92 Å². The van der Waals surface area contributed by atoms with E-state index in [9.17, 15) is 0 Å². The summed E-state index contributed by atoms with van der Waals surface area (Å²) in [5.41, 5.74) is 7.80. The smallest absolute Gasteiger partial charge is 0.173 e. The number of rotatable bonds is 4. The maximum absolute atomic E-state index is 9.01. The minimum atomic E-state index is 0.194. The molecule has 0 spiro atoms. The molecule has 5 heteroatoms. The fourth-order valence-corrected chi connectivity index (χ4v) is 3.27. The molecule has 1 aromatic rings. The largest absolute Gasteiger partial charge is 0.409 e. The Labute approximate surface area is 118 Å². The van der Waals surface area contributed by atoms with Gasteiger partial charge < -0.3 is 15.8 Å². The van der Waals surface area contributed by atoms with Crippen LogP contribution in [0.1, 0.15) is 25.3 Å². The summed E-state index contributed by atoms with van der Waals surface area (Å²) in [7, 11) is 0. The first-order valence-corrected chi connectivity index (χ1v) is 7.83. The van der Waals surface area contributed by atoms with E-state index in [1.165, 1.54) is 12.8 Å². The average molecular weight is 279 g/mol. The summed E-state index contributed by atoms with van der Waals surface area (Å²) < 4.78 is 0. The molecular formula is C14H21N3OS. The Bertz CT molecular complexity index is 476. The van der Waals surface area contributed by atoms with Crippen molar-refractivity contribution in [3.63, 3.8) is 0 Å². The second-order valence-corrected chi connectivity index (χ2v) is 5.70. The maximum atomic E-state index is 9.01. The molecule has 1 unspecified atom stereocenters. The first kappa shape index (κ1) is 14.1. The lowest BCUT2D eigenvalue weighted by atomic mass is 10.1. The highest BCUT2D eigenvalue weighted by molar-refractivity contribution is 7.98. The van der Waals surface area contributed by atoms with E-state index in [2.05, 4.69) is 23.0 Å². The van der Waals surface area contributed by atoms with Gasteiger partial charge in [-0.05, 0) is 30.7 Å². The third-order valence-corrected chi connectivity index (χ3v) is 4.57. The van der Waals surface area contributed by atoms with Crippen molar-refractivity contribution in [1.29, 1.82) is 0 Å². The Morgan fingerprint density at radius 2 is 2.37 bits per heavy atom. The van der Waals surface area contributed by atoms with Gasteiger partial charge in [0.15, 0.2) is 5.84 Å². The zero-order valence-corrected chi connectivity index (χ0v) is 12.3. The third-order valence-electron chi connectivity index (χ3n) is 3.79. The van der Waals surface area contributed by atoms with Gasteiger partial charge in [0.05, 0.1) is 5.56 Å². The van der Waals surface area contributed by atoms with Crippen LogP contribution in [0.2, 0.25) is 0 Å². The predicted molar refractivity (Wildman–Crippen MR) is 81.3 cm³/mol. The van der Waals surface area contributed by atoms with Gasteiger partial charge in [0.2, 0.25) is 0 Å². The van der Waals surface area contributed by atoms with Gasteiger partial charge in [0.1, 0.15) is 0 Å². The quantitative estimate of drug-likeness (QED) is 0.292. The molecule has 1 aliphatic rings. The normalized spacial score (nSPS) is 20.0. The monoisotopic (exact) mass is 279 g/mol. The van der Waals surface area contributed by atoms with E-state index < -0.39 is 0 Å². The molecule has 0 amide bonds. The molecule has 1 aromatic carbocycles. The van der Waals surface area contributed by atoms with Crippen molar-refractivity contribution in [3.8, 4) is 0 Å². The molecule has 0 radical (unpaired) electrons. The van der Waals surface area contributed by atoms with E-state index in [-0.39, 0.29) is 5.84 Å². The number of amidine groups is 1. The Hall–Kier alpha value is -1.36. The van der Waals surface area contributed by atoms with E-state index in [1.54, 1.807) is 11.8 Å². The van der Waals surface area contributed by atoms with Gasteiger partial charge in [0, 0.05) is 23.7 Å². The van der Waals surface area contributed by atoms with Crippen LogP contribution in [-0.4, -0.2) is 30.4 Å². The number of benzene rings is 1. The standard InChI is InChI=1S/C14H21N3OS/c1-3-10-7-8-17(9-10)11-5-4-6-12(19-2)13(11)14(15)16-18/h4-6,10,18H,3,7-9H2,1-2H3,(H2,15,16). The van der Waals surface area contributed by atoms with Gasteiger partial charge >= 0.3 is 0 Å². The van der Waals surface area contributed by atoms with Crippen molar-refractivity contribution >= 4 is 23.3 Å². The van der Waals surface area contributed by atoms with Crippen LogP contribution in [0.3, 0.4) is 0 Å². The van der Waals surface area contributed by atoms with Crippen LogP contribution in [0.5, 0.6) is 0 Å². The summed E-state index contributed by atoms with van der Waals surface area (Å²) in [6.45, 7) is 4.33. The Kier molecular flexibility index (Phi) is 4.58. The van der Waals surface area contributed by atoms with Gasteiger partial charge in [-0.15, -0.1) is 11.8 Å². The third kappa shape index (κ3) is 2.81. The first-order chi connectivity index (χ1) is 9.21.